The lowest BCUT2D eigenvalue weighted by molar-refractivity contribution is 1.16. The van der Waals surface area contributed by atoms with Crippen LogP contribution in [0.5, 0.6) is 0 Å². The van der Waals surface area contributed by atoms with Gasteiger partial charge in [0.15, 0.2) is 0 Å². The summed E-state index contributed by atoms with van der Waals surface area (Å²) in [7, 11) is 0. The van der Waals surface area contributed by atoms with Crippen molar-refractivity contribution in [3.8, 4) is 0 Å². The molecule has 0 spiro atoms. The normalized spacial score (nSPS) is 17.7. The van der Waals surface area contributed by atoms with Crippen LogP contribution in [-0.4, -0.2) is 0 Å². The van der Waals surface area contributed by atoms with Crippen LogP contribution in [0, 0.1) is 0 Å². The molecule has 0 aliphatic heterocycles. The maximum absolute atomic E-state index is 2.30. The fraction of sp³-hybridized carbons (Fsp3) is 0.500. The van der Waals surface area contributed by atoms with Gasteiger partial charge in [0, 0.05) is 0 Å². The van der Waals surface area contributed by atoms with Crippen LogP contribution in [0.25, 0.3) is 0 Å². The zero-order chi connectivity index (χ0) is 8.43. The minimum absolute atomic E-state index is 0. The first-order valence-corrected chi connectivity index (χ1v) is 4.13. The summed E-state index contributed by atoms with van der Waals surface area (Å²) >= 11 is 0. The van der Waals surface area contributed by atoms with Crippen LogP contribution in [0.3, 0.4) is 0 Å². The molecule has 0 unspecified atom stereocenters. The Morgan fingerprint density at radius 3 is 2.17 bits per heavy atom. The van der Waals surface area contributed by atoms with Gasteiger partial charge in [-0.3, -0.25) is 0 Å². The average Bonchev–Trinajstić information content (AvgIpc) is 2.05. The third kappa shape index (κ3) is 2.37. The molecule has 68 valence electrons. The third-order valence-corrected chi connectivity index (χ3v) is 2.44. The second-order valence-corrected chi connectivity index (χ2v) is 3.38. The first kappa shape index (κ1) is 11.2. The predicted molar refractivity (Wildman–Crippen MR) is 57.2 cm³/mol. The molecule has 0 radical (unpaired) electrons. The van der Waals surface area contributed by atoms with E-state index in [1.54, 1.807) is 0 Å². The number of rotatable bonds is 0. The summed E-state index contributed by atoms with van der Waals surface area (Å²) in [6.45, 7) is 8.74. The lowest BCUT2D eigenvalue weighted by atomic mass is 10.1. The highest BCUT2D eigenvalue weighted by Gasteiger charge is 2.01. The van der Waals surface area contributed by atoms with Gasteiger partial charge in [-0.05, 0) is 39.7 Å². The fourth-order valence-corrected chi connectivity index (χ4v) is 1.19. The number of allylic oxidation sites excluding steroid dienone is 6. The maximum atomic E-state index is 2.30. The quantitative estimate of drug-likeness (QED) is 0.502. The molecule has 1 aliphatic rings. The standard InChI is InChI=1S/C11H16.CH4/c1-8-5-6-9(2)11(4)7-10(8)3;/h5,7H,6H2,1-4H3;1H4. The van der Waals surface area contributed by atoms with E-state index in [4.69, 9.17) is 0 Å². The Bertz CT molecular complexity index is 249. The van der Waals surface area contributed by atoms with Crippen molar-refractivity contribution in [1.82, 2.24) is 0 Å². The summed E-state index contributed by atoms with van der Waals surface area (Å²) in [6.07, 6.45) is 5.69. The summed E-state index contributed by atoms with van der Waals surface area (Å²) in [5, 5.41) is 0. The second-order valence-electron chi connectivity index (χ2n) is 3.38. The van der Waals surface area contributed by atoms with E-state index in [0.717, 1.165) is 6.42 Å². The van der Waals surface area contributed by atoms with E-state index in [0.29, 0.717) is 0 Å². The summed E-state index contributed by atoms with van der Waals surface area (Å²) in [5.41, 5.74) is 5.73. The van der Waals surface area contributed by atoms with Gasteiger partial charge in [-0.25, -0.2) is 0 Å². The lowest BCUT2D eigenvalue weighted by Gasteiger charge is -1.97. The summed E-state index contributed by atoms with van der Waals surface area (Å²) < 4.78 is 0. The molecule has 0 aromatic carbocycles. The van der Waals surface area contributed by atoms with E-state index in [2.05, 4.69) is 39.8 Å². The van der Waals surface area contributed by atoms with E-state index < -0.39 is 0 Å². The van der Waals surface area contributed by atoms with E-state index >= 15 is 0 Å². The van der Waals surface area contributed by atoms with Gasteiger partial charge in [-0.1, -0.05) is 36.3 Å². The topological polar surface area (TPSA) is 0 Å². The van der Waals surface area contributed by atoms with Crippen molar-refractivity contribution in [2.24, 2.45) is 0 Å². The Kier molecular flexibility index (Phi) is 4.02. The van der Waals surface area contributed by atoms with Gasteiger partial charge in [0.1, 0.15) is 0 Å². The van der Waals surface area contributed by atoms with Gasteiger partial charge in [-0.15, -0.1) is 0 Å². The zero-order valence-electron chi connectivity index (χ0n) is 7.86. The molecule has 0 heteroatoms. The number of hydrogen-bond acceptors (Lipinski definition) is 0. The Hall–Kier alpha value is -0.780. The van der Waals surface area contributed by atoms with Crippen molar-refractivity contribution in [2.45, 2.75) is 41.5 Å². The van der Waals surface area contributed by atoms with Crippen molar-refractivity contribution in [2.75, 3.05) is 0 Å². The monoisotopic (exact) mass is 164 g/mol. The molecule has 0 atom stereocenters. The van der Waals surface area contributed by atoms with Crippen molar-refractivity contribution < 1.29 is 0 Å². The molecule has 1 aliphatic carbocycles. The third-order valence-electron chi connectivity index (χ3n) is 2.44. The Labute approximate surface area is 76.7 Å². The molecule has 12 heavy (non-hydrogen) atoms. The smallest absolute Gasteiger partial charge is 0.0130 e. The minimum Gasteiger partial charge on any atom is -0.0776 e. The molecule has 0 saturated heterocycles. The van der Waals surface area contributed by atoms with E-state index in [-0.39, 0.29) is 7.43 Å². The maximum Gasteiger partial charge on any atom is -0.0130 e. The first-order valence-electron chi connectivity index (χ1n) is 4.13. The van der Waals surface area contributed by atoms with Gasteiger partial charge in [0.05, 0.1) is 0 Å². The molecule has 0 heterocycles. The second kappa shape index (κ2) is 4.30. The molecule has 0 bridgehead atoms. The highest BCUT2D eigenvalue weighted by atomic mass is 14.1. The molecule has 0 amide bonds. The van der Waals surface area contributed by atoms with E-state index in [9.17, 15) is 0 Å². The summed E-state index contributed by atoms with van der Waals surface area (Å²) in [4.78, 5) is 0. The van der Waals surface area contributed by atoms with Crippen LogP contribution in [0.15, 0.2) is 34.4 Å². The minimum atomic E-state index is 0. The molecule has 0 N–H and O–H groups in total. The molecule has 1 rings (SSSR count). The Morgan fingerprint density at radius 2 is 1.58 bits per heavy atom. The Balaban J connectivity index is 0.00000121. The predicted octanol–water partition coefficient (Wildman–Crippen LogP) is 4.26. The van der Waals surface area contributed by atoms with Gasteiger partial charge >= 0.3 is 0 Å². The molecule has 0 aromatic rings. The van der Waals surface area contributed by atoms with Crippen LogP contribution in [0.1, 0.15) is 41.5 Å². The van der Waals surface area contributed by atoms with Crippen molar-refractivity contribution >= 4 is 0 Å². The van der Waals surface area contributed by atoms with Gasteiger partial charge < -0.3 is 0 Å². The Morgan fingerprint density at radius 1 is 1.00 bits per heavy atom. The van der Waals surface area contributed by atoms with Crippen molar-refractivity contribution in [3.05, 3.63) is 34.4 Å². The largest absolute Gasteiger partial charge is 0.0776 e. The molecular weight excluding hydrogens is 144 g/mol. The first-order chi connectivity index (χ1) is 5.11. The fourth-order valence-electron chi connectivity index (χ4n) is 1.19. The molecular formula is C12H20. The van der Waals surface area contributed by atoms with E-state index in [1.165, 1.54) is 22.3 Å². The summed E-state index contributed by atoms with van der Waals surface area (Å²) in [5.74, 6) is 0. The number of hydrogen-bond donors (Lipinski definition) is 0. The van der Waals surface area contributed by atoms with Crippen LogP contribution in [0.4, 0.5) is 0 Å². The zero-order valence-corrected chi connectivity index (χ0v) is 7.86. The lowest BCUT2D eigenvalue weighted by Crippen LogP contribution is -1.77. The van der Waals surface area contributed by atoms with Gasteiger partial charge in [0.2, 0.25) is 0 Å². The SMILES string of the molecule is C.CC1=CCC(C)=C(C)C=C1C. The van der Waals surface area contributed by atoms with Crippen LogP contribution >= 0.6 is 0 Å². The van der Waals surface area contributed by atoms with Gasteiger partial charge in [0.25, 0.3) is 0 Å². The average molecular weight is 164 g/mol. The van der Waals surface area contributed by atoms with Crippen LogP contribution in [-0.2, 0) is 0 Å². The van der Waals surface area contributed by atoms with Crippen LogP contribution < -0.4 is 0 Å². The molecule has 0 aromatic heterocycles. The summed E-state index contributed by atoms with van der Waals surface area (Å²) in [6, 6.07) is 0. The van der Waals surface area contributed by atoms with Gasteiger partial charge in [-0.2, -0.15) is 0 Å². The van der Waals surface area contributed by atoms with Crippen LogP contribution in [0.2, 0.25) is 0 Å². The molecule has 0 saturated carbocycles. The molecule has 0 fully saturated rings. The highest BCUT2D eigenvalue weighted by molar-refractivity contribution is 5.39. The molecule has 0 nitrogen and oxygen atoms in total. The van der Waals surface area contributed by atoms with Crippen molar-refractivity contribution in [1.29, 1.82) is 0 Å². The van der Waals surface area contributed by atoms with Crippen molar-refractivity contribution in [3.63, 3.8) is 0 Å². The van der Waals surface area contributed by atoms with E-state index in [1.807, 2.05) is 0 Å². The highest BCUT2D eigenvalue weighted by Crippen LogP contribution is 2.21.